The Bertz CT molecular complexity index is 1230. The van der Waals surface area contributed by atoms with Gasteiger partial charge in [-0.2, -0.15) is 0 Å². The molecule has 28 heavy (non-hydrogen) atoms. The van der Waals surface area contributed by atoms with Gasteiger partial charge in [0.1, 0.15) is 11.6 Å². The van der Waals surface area contributed by atoms with Crippen LogP contribution in [-0.4, -0.2) is 24.2 Å². The third-order valence-corrected chi connectivity index (χ3v) is 4.85. The standard InChI is InChI=1S/C23H19FN2O2/c1-26(2)16-10-7-14(8-11-16)15-9-12-18-20(13-15)25-23(28)21(22(18)27)17-5-3-4-6-19(17)24/h3-13H,1-2H3,(H2,25,27,28). The average molecular weight is 374 g/mol. The Balaban J connectivity index is 1.85. The third-order valence-electron chi connectivity index (χ3n) is 4.85. The minimum Gasteiger partial charge on any atom is -0.506 e. The number of benzene rings is 3. The number of pyridine rings is 1. The van der Waals surface area contributed by atoms with E-state index in [0.717, 1.165) is 16.8 Å². The van der Waals surface area contributed by atoms with E-state index in [0.29, 0.717) is 10.9 Å². The molecule has 4 nitrogen and oxygen atoms in total. The maximum atomic E-state index is 14.1. The van der Waals surface area contributed by atoms with Gasteiger partial charge in [-0.1, -0.05) is 36.4 Å². The molecule has 1 heterocycles. The van der Waals surface area contributed by atoms with E-state index in [-0.39, 0.29) is 16.9 Å². The lowest BCUT2D eigenvalue weighted by molar-refractivity contribution is 0.482. The fourth-order valence-corrected chi connectivity index (χ4v) is 3.33. The monoisotopic (exact) mass is 374 g/mol. The molecule has 5 heteroatoms. The van der Waals surface area contributed by atoms with Crippen molar-refractivity contribution in [3.63, 3.8) is 0 Å². The second-order valence-corrected chi connectivity index (χ2v) is 6.86. The van der Waals surface area contributed by atoms with Crippen LogP contribution >= 0.6 is 0 Å². The van der Waals surface area contributed by atoms with Gasteiger partial charge in [-0.15, -0.1) is 0 Å². The Labute approximate surface area is 161 Å². The van der Waals surface area contributed by atoms with E-state index in [1.165, 1.54) is 12.1 Å². The van der Waals surface area contributed by atoms with Crippen LogP contribution in [0.25, 0.3) is 33.2 Å². The van der Waals surface area contributed by atoms with Crippen LogP contribution in [0.5, 0.6) is 5.75 Å². The van der Waals surface area contributed by atoms with Crippen molar-refractivity contribution < 1.29 is 9.50 Å². The number of nitrogens with zero attached hydrogens (tertiary/aromatic N) is 1. The van der Waals surface area contributed by atoms with Gasteiger partial charge in [0.15, 0.2) is 0 Å². The lowest BCUT2D eigenvalue weighted by atomic mass is 9.99. The fraction of sp³-hybridized carbons (Fsp3) is 0.0870. The van der Waals surface area contributed by atoms with Crippen LogP contribution in [0.15, 0.2) is 71.5 Å². The Hall–Kier alpha value is -3.60. The van der Waals surface area contributed by atoms with Gasteiger partial charge in [-0.3, -0.25) is 4.79 Å². The van der Waals surface area contributed by atoms with E-state index in [1.54, 1.807) is 18.2 Å². The van der Waals surface area contributed by atoms with Gasteiger partial charge in [0, 0.05) is 30.7 Å². The molecule has 3 aromatic carbocycles. The molecule has 0 amide bonds. The zero-order valence-corrected chi connectivity index (χ0v) is 15.5. The van der Waals surface area contributed by atoms with Crippen LogP contribution in [0.1, 0.15) is 0 Å². The zero-order valence-electron chi connectivity index (χ0n) is 15.5. The normalized spacial score (nSPS) is 11.0. The summed E-state index contributed by atoms with van der Waals surface area (Å²) in [5.74, 6) is -0.779. The summed E-state index contributed by atoms with van der Waals surface area (Å²) in [6.07, 6.45) is 0. The Morgan fingerprint density at radius 2 is 1.61 bits per heavy atom. The molecular formula is C23H19FN2O2. The zero-order chi connectivity index (χ0) is 19.8. The van der Waals surface area contributed by atoms with Crippen LogP contribution in [0.3, 0.4) is 0 Å². The van der Waals surface area contributed by atoms with Crippen molar-refractivity contribution in [2.24, 2.45) is 0 Å². The van der Waals surface area contributed by atoms with Gasteiger partial charge in [0.05, 0.1) is 11.1 Å². The van der Waals surface area contributed by atoms with Crippen molar-refractivity contribution in [1.82, 2.24) is 4.98 Å². The molecule has 4 rings (SSSR count). The lowest BCUT2D eigenvalue weighted by Gasteiger charge is -2.13. The molecule has 140 valence electrons. The van der Waals surface area contributed by atoms with Crippen LogP contribution in [0.4, 0.5) is 10.1 Å². The van der Waals surface area contributed by atoms with E-state index in [9.17, 15) is 14.3 Å². The molecule has 0 atom stereocenters. The van der Waals surface area contributed by atoms with Gasteiger partial charge in [-0.25, -0.2) is 4.39 Å². The molecule has 1 aromatic heterocycles. The SMILES string of the molecule is CN(C)c1ccc(-c2ccc3c(O)c(-c4ccccc4F)c(=O)[nH]c3c2)cc1. The van der Waals surface area contributed by atoms with E-state index in [1.807, 2.05) is 55.4 Å². The number of anilines is 1. The van der Waals surface area contributed by atoms with E-state index >= 15 is 0 Å². The number of fused-ring (bicyclic) bond motifs is 1. The van der Waals surface area contributed by atoms with Gasteiger partial charge < -0.3 is 15.0 Å². The first-order chi connectivity index (χ1) is 13.5. The average Bonchev–Trinajstić information content (AvgIpc) is 2.69. The van der Waals surface area contributed by atoms with Gasteiger partial charge in [0.25, 0.3) is 5.56 Å². The summed E-state index contributed by atoms with van der Waals surface area (Å²) in [6.45, 7) is 0. The molecule has 0 aliphatic heterocycles. The van der Waals surface area contributed by atoms with Crippen LogP contribution in [-0.2, 0) is 0 Å². The highest BCUT2D eigenvalue weighted by Gasteiger charge is 2.17. The maximum Gasteiger partial charge on any atom is 0.260 e. The first-order valence-corrected chi connectivity index (χ1v) is 8.87. The van der Waals surface area contributed by atoms with Crippen molar-refractivity contribution in [3.8, 4) is 28.0 Å². The minimum absolute atomic E-state index is 0.0614. The summed E-state index contributed by atoms with van der Waals surface area (Å²) in [6, 6.07) is 19.4. The smallest absolute Gasteiger partial charge is 0.260 e. The van der Waals surface area contributed by atoms with E-state index in [2.05, 4.69) is 4.98 Å². The van der Waals surface area contributed by atoms with Crippen LogP contribution in [0.2, 0.25) is 0 Å². The van der Waals surface area contributed by atoms with Crippen LogP contribution in [0, 0.1) is 5.82 Å². The summed E-state index contributed by atoms with van der Waals surface area (Å²) in [5, 5.41) is 11.1. The van der Waals surface area contributed by atoms with Gasteiger partial charge >= 0.3 is 0 Å². The van der Waals surface area contributed by atoms with E-state index < -0.39 is 11.4 Å². The highest BCUT2D eigenvalue weighted by atomic mass is 19.1. The number of aromatic amines is 1. The van der Waals surface area contributed by atoms with E-state index in [4.69, 9.17) is 0 Å². The molecule has 0 saturated heterocycles. The predicted octanol–water partition coefficient (Wildman–Crippen LogP) is 4.77. The number of aromatic hydroxyl groups is 1. The number of aromatic nitrogens is 1. The van der Waals surface area contributed by atoms with Crippen LogP contribution < -0.4 is 10.5 Å². The number of H-pyrrole nitrogens is 1. The molecule has 4 aromatic rings. The van der Waals surface area contributed by atoms with Crippen molar-refractivity contribution in [3.05, 3.63) is 82.9 Å². The summed E-state index contributed by atoms with van der Waals surface area (Å²) in [5.41, 5.74) is 2.97. The number of nitrogens with one attached hydrogen (secondary N) is 1. The maximum absolute atomic E-state index is 14.1. The summed E-state index contributed by atoms with van der Waals surface area (Å²) >= 11 is 0. The fourth-order valence-electron chi connectivity index (χ4n) is 3.33. The molecule has 0 unspecified atom stereocenters. The largest absolute Gasteiger partial charge is 0.506 e. The summed E-state index contributed by atoms with van der Waals surface area (Å²) in [7, 11) is 3.96. The minimum atomic E-state index is -0.555. The van der Waals surface area contributed by atoms with Crippen molar-refractivity contribution in [2.75, 3.05) is 19.0 Å². The van der Waals surface area contributed by atoms with Gasteiger partial charge in [-0.05, 0) is 41.5 Å². The van der Waals surface area contributed by atoms with Crippen molar-refractivity contribution in [1.29, 1.82) is 0 Å². The molecule has 0 bridgehead atoms. The highest BCUT2D eigenvalue weighted by molar-refractivity contribution is 5.94. The number of rotatable bonds is 3. The first kappa shape index (κ1) is 17.8. The molecule has 0 fully saturated rings. The summed E-state index contributed by atoms with van der Waals surface area (Å²) in [4.78, 5) is 17.4. The second-order valence-electron chi connectivity index (χ2n) is 6.86. The molecule has 2 N–H and O–H groups in total. The number of halogens is 1. The first-order valence-electron chi connectivity index (χ1n) is 8.87. The molecule has 0 saturated carbocycles. The number of hydrogen-bond acceptors (Lipinski definition) is 3. The topological polar surface area (TPSA) is 56.3 Å². The second kappa shape index (κ2) is 6.85. The third kappa shape index (κ3) is 3.01. The Kier molecular flexibility index (Phi) is 4.35. The Morgan fingerprint density at radius 3 is 2.29 bits per heavy atom. The molecule has 0 radical (unpaired) electrons. The number of hydrogen-bond donors (Lipinski definition) is 2. The van der Waals surface area contributed by atoms with Crippen molar-refractivity contribution >= 4 is 16.6 Å². The molecule has 0 aliphatic rings. The quantitative estimate of drug-likeness (QED) is 0.543. The molecular weight excluding hydrogens is 355 g/mol. The molecule has 0 spiro atoms. The molecule has 0 aliphatic carbocycles. The Morgan fingerprint density at radius 1 is 0.929 bits per heavy atom. The summed E-state index contributed by atoms with van der Waals surface area (Å²) < 4.78 is 14.1. The predicted molar refractivity (Wildman–Crippen MR) is 111 cm³/mol. The van der Waals surface area contributed by atoms with Gasteiger partial charge in [0.2, 0.25) is 0 Å². The highest BCUT2D eigenvalue weighted by Crippen LogP contribution is 2.35. The van der Waals surface area contributed by atoms with Crippen molar-refractivity contribution in [2.45, 2.75) is 0 Å². The lowest BCUT2D eigenvalue weighted by Crippen LogP contribution is -2.10.